The van der Waals surface area contributed by atoms with E-state index in [9.17, 15) is 14.4 Å². The zero-order chi connectivity index (χ0) is 19.7. The van der Waals surface area contributed by atoms with Gasteiger partial charge in [0.25, 0.3) is 5.91 Å². The first-order valence-corrected chi connectivity index (χ1v) is 9.81. The number of urea groups is 1. The second kappa shape index (κ2) is 7.33. The average molecular weight is 387 g/mol. The Bertz CT molecular complexity index is 805. The van der Waals surface area contributed by atoms with Crippen molar-refractivity contribution < 1.29 is 23.9 Å². The summed E-state index contributed by atoms with van der Waals surface area (Å²) in [6.45, 7) is 2.47. The van der Waals surface area contributed by atoms with E-state index in [1.807, 2.05) is 0 Å². The highest BCUT2D eigenvalue weighted by Gasteiger charge is 2.49. The van der Waals surface area contributed by atoms with Gasteiger partial charge in [0.2, 0.25) is 5.91 Å². The monoisotopic (exact) mass is 387 g/mol. The molecule has 2 N–H and O–H groups in total. The molecule has 2 fully saturated rings. The zero-order valence-electron chi connectivity index (χ0n) is 16.0. The van der Waals surface area contributed by atoms with Gasteiger partial charge in [-0.25, -0.2) is 4.79 Å². The van der Waals surface area contributed by atoms with E-state index in [0.717, 1.165) is 37.0 Å². The summed E-state index contributed by atoms with van der Waals surface area (Å²) in [5.41, 5.74) is -0.663. The van der Waals surface area contributed by atoms with Crippen molar-refractivity contribution in [3.8, 4) is 11.5 Å². The maximum Gasteiger partial charge on any atom is 0.325 e. The van der Waals surface area contributed by atoms with E-state index in [-0.39, 0.29) is 18.5 Å². The van der Waals surface area contributed by atoms with Gasteiger partial charge in [0.15, 0.2) is 11.5 Å². The number of carbonyl (C=O) groups is 3. The Morgan fingerprint density at radius 3 is 2.64 bits per heavy atom. The molecule has 2 heterocycles. The van der Waals surface area contributed by atoms with Gasteiger partial charge in [0.05, 0.1) is 13.2 Å². The van der Waals surface area contributed by atoms with Crippen LogP contribution in [-0.2, 0) is 15.1 Å². The lowest BCUT2D eigenvalue weighted by Crippen LogP contribution is -2.45. The van der Waals surface area contributed by atoms with Crippen molar-refractivity contribution in [3.63, 3.8) is 0 Å². The lowest BCUT2D eigenvalue weighted by molar-refractivity contribution is -0.135. The first-order valence-electron chi connectivity index (χ1n) is 9.81. The molecule has 1 atom stereocenters. The molecule has 1 saturated carbocycles. The zero-order valence-corrected chi connectivity index (χ0v) is 16.0. The van der Waals surface area contributed by atoms with E-state index in [2.05, 4.69) is 10.6 Å². The molecule has 1 aromatic rings. The molecule has 28 heavy (non-hydrogen) atoms. The number of hydrogen-bond acceptors (Lipinski definition) is 5. The molecule has 4 amide bonds. The third-order valence-electron chi connectivity index (χ3n) is 5.62. The van der Waals surface area contributed by atoms with E-state index in [0.29, 0.717) is 30.3 Å². The second-order valence-electron chi connectivity index (χ2n) is 7.71. The molecule has 150 valence electrons. The smallest absolute Gasteiger partial charge is 0.325 e. The summed E-state index contributed by atoms with van der Waals surface area (Å²) < 4.78 is 11.3. The third kappa shape index (κ3) is 3.39. The Kier molecular flexibility index (Phi) is 4.87. The van der Waals surface area contributed by atoms with Crippen LogP contribution in [-0.4, -0.2) is 48.5 Å². The summed E-state index contributed by atoms with van der Waals surface area (Å²) in [4.78, 5) is 38.8. The Morgan fingerprint density at radius 2 is 1.89 bits per heavy atom. The van der Waals surface area contributed by atoms with Crippen LogP contribution in [0, 0.1) is 0 Å². The fraction of sp³-hybridized carbons (Fsp3) is 0.550. The van der Waals surface area contributed by atoms with E-state index in [1.165, 1.54) is 0 Å². The molecule has 0 aromatic heterocycles. The number of amides is 4. The van der Waals surface area contributed by atoms with Crippen LogP contribution in [0.15, 0.2) is 18.2 Å². The van der Waals surface area contributed by atoms with Gasteiger partial charge in [0, 0.05) is 12.5 Å². The molecule has 1 unspecified atom stereocenters. The maximum atomic E-state index is 13.0. The van der Waals surface area contributed by atoms with E-state index >= 15 is 0 Å². The molecule has 1 aliphatic carbocycles. The standard InChI is InChI=1S/C20H25N3O5/c1-20(13-7-8-15-16(11-13)28-10-4-9-27-15)18(25)23(19(26)22-20)12-17(24)21-14-5-2-3-6-14/h7-8,11,14H,2-6,9-10,12H2,1H3,(H,21,24)(H,22,26). The minimum atomic E-state index is -1.25. The molecule has 3 aliphatic rings. The minimum absolute atomic E-state index is 0.140. The largest absolute Gasteiger partial charge is 0.490 e. The van der Waals surface area contributed by atoms with Gasteiger partial charge in [-0.1, -0.05) is 18.9 Å². The number of fused-ring (bicyclic) bond motifs is 1. The summed E-state index contributed by atoms with van der Waals surface area (Å²) in [7, 11) is 0. The van der Waals surface area contributed by atoms with Crippen LogP contribution in [0.2, 0.25) is 0 Å². The number of rotatable bonds is 4. The van der Waals surface area contributed by atoms with Crippen molar-refractivity contribution in [2.45, 2.75) is 50.6 Å². The van der Waals surface area contributed by atoms with Crippen molar-refractivity contribution in [1.82, 2.24) is 15.5 Å². The normalized spacial score (nSPS) is 24.8. The molecule has 1 aromatic carbocycles. The number of carbonyl (C=O) groups excluding carboxylic acids is 3. The van der Waals surface area contributed by atoms with Gasteiger partial charge in [-0.15, -0.1) is 0 Å². The van der Waals surface area contributed by atoms with Gasteiger partial charge in [-0.05, 0) is 37.5 Å². The summed E-state index contributed by atoms with van der Waals surface area (Å²) in [6.07, 6.45) is 4.86. The van der Waals surface area contributed by atoms with Crippen LogP contribution >= 0.6 is 0 Å². The van der Waals surface area contributed by atoms with Crippen molar-refractivity contribution in [2.75, 3.05) is 19.8 Å². The van der Waals surface area contributed by atoms with Crippen molar-refractivity contribution in [3.05, 3.63) is 23.8 Å². The van der Waals surface area contributed by atoms with Gasteiger partial charge in [-0.3, -0.25) is 14.5 Å². The summed E-state index contributed by atoms with van der Waals surface area (Å²) in [6, 6.07) is 4.78. The van der Waals surface area contributed by atoms with E-state index in [1.54, 1.807) is 25.1 Å². The molecule has 0 bridgehead atoms. The number of benzene rings is 1. The maximum absolute atomic E-state index is 13.0. The van der Waals surface area contributed by atoms with Gasteiger partial charge >= 0.3 is 6.03 Å². The number of nitrogens with one attached hydrogen (secondary N) is 2. The summed E-state index contributed by atoms with van der Waals surface area (Å²) in [5.74, 6) is 0.414. The fourth-order valence-electron chi connectivity index (χ4n) is 4.00. The van der Waals surface area contributed by atoms with Crippen molar-refractivity contribution in [2.24, 2.45) is 0 Å². The topological polar surface area (TPSA) is 97.0 Å². The third-order valence-corrected chi connectivity index (χ3v) is 5.62. The summed E-state index contributed by atoms with van der Waals surface area (Å²) >= 11 is 0. The molecule has 8 nitrogen and oxygen atoms in total. The highest BCUT2D eigenvalue weighted by Crippen LogP contribution is 2.36. The van der Waals surface area contributed by atoms with Crippen LogP contribution in [0.4, 0.5) is 4.79 Å². The van der Waals surface area contributed by atoms with Crippen LogP contribution < -0.4 is 20.1 Å². The molecule has 8 heteroatoms. The Balaban J connectivity index is 1.50. The van der Waals surface area contributed by atoms with Gasteiger partial charge < -0.3 is 20.1 Å². The van der Waals surface area contributed by atoms with Crippen molar-refractivity contribution >= 4 is 17.8 Å². The molecular formula is C20H25N3O5. The van der Waals surface area contributed by atoms with Gasteiger partial charge in [0.1, 0.15) is 12.1 Å². The quantitative estimate of drug-likeness (QED) is 0.766. The van der Waals surface area contributed by atoms with Crippen LogP contribution in [0.1, 0.15) is 44.6 Å². The Hall–Kier alpha value is -2.77. The first kappa shape index (κ1) is 18.6. The fourth-order valence-corrected chi connectivity index (χ4v) is 4.00. The lowest BCUT2D eigenvalue weighted by atomic mass is 9.91. The predicted molar refractivity (Wildman–Crippen MR) is 100 cm³/mol. The highest BCUT2D eigenvalue weighted by atomic mass is 16.5. The highest BCUT2D eigenvalue weighted by molar-refractivity contribution is 6.09. The molecule has 1 saturated heterocycles. The Morgan fingerprint density at radius 1 is 1.18 bits per heavy atom. The molecular weight excluding hydrogens is 362 g/mol. The molecule has 0 spiro atoms. The average Bonchev–Trinajstić information content (AvgIpc) is 3.15. The van der Waals surface area contributed by atoms with E-state index in [4.69, 9.17) is 9.47 Å². The number of imide groups is 1. The number of nitrogens with zero attached hydrogens (tertiary/aromatic N) is 1. The Labute approximate surface area is 163 Å². The van der Waals surface area contributed by atoms with Crippen LogP contribution in [0.3, 0.4) is 0 Å². The van der Waals surface area contributed by atoms with E-state index < -0.39 is 17.5 Å². The number of hydrogen-bond donors (Lipinski definition) is 2. The van der Waals surface area contributed by atoms with Gasteiger partial charge in [-0.2, -0.15) is 0 Å². The van der Waals surface area contributed by atoms with Crippen molar-refractivity contribution in [1.29, 1.82) is 0 Å². The lowest BCUT2D eigenvalue weighted by Gasteiger charge is -2.23. The van der Waals surface area contributed by atoms with Crippen LogP contribution in [0.5, 0.6) is 11.5 Å². The molecule has 2 aliphatic heterocycles. The summed E-state index contributed by atoms with van der Waals surface area (Å²) in [5, 5.41) is 5.64. The SMILES string of the molecule is CC1(c2ccc3c(c2)OCCCO3)NC(=O)N(CC(=O)NC2CCCC2)C1=O. The number of ether oxygens (including phenoxy) is 2. The molecule has 0 radical (unpaired) electrons. The minimum Gasteiger partial charge on any atom is -0.490 e. The molecule has 4 rings (SSSR count). The predicted octanol–water partition coefficient (Wildman–Crippen LogP) is 1.67. The van der Waals surface area contributed by atoms with Crippen LogP contribution in [0.25, 0.3) is 0 Å². The second-order valence-corrected chi connectivity index (χ2v) is 7.71. The first-order chi connectivity index (χ1) is 13.5.